The Balaban J connectivity index is 2.09. The molecule has 0 amide bonds. The van der Waals surface area contributed by atoms with Gasteiger partial charge in [-0.3, -0.25) is 4.79 Å². The van der Waals surface area contributed by atoms with E-state index < -0.39 is 17.0 Å². The van der Waals surface area contributed by atoms with E-state index >= 15 is 0 Å². The zero-order chi connectivity index (χ0) is 15.3. The second-order valence-corrected chi connectivity index (χ2v) is 5.53. The summed E-state index contributed by atoms with van der Waals surface area (Å²) >= 11 is 0. The van der Waals surface area contributed by atoms with Gasteiger partial charge >= 0.3 is 5.97 Å². The quantitative estimate of drug-likeness (QED) is 0.849. The Hall–Kier alpha value is -1.49. The molecule has 0 bridgehead atoms. The van der Waals surface area contributed by atoms with Crippen LogP contribution in [0.15, 0.2) is 18.2 Å². The first-order valence-corrected chi connectivity index (χ1v) is 7.39. The van der Waals surface area contributed by atoms with Crippen LogP contribution >= 0.6 is 0 Å². The monoisotopic (exact) mass is 297 g/mol. The van der Waals surface area contributed by atoms with Gasteiger partial charge in [0, 0.05) is 6.07 Å². The molecule has 0 atom stereocenters. The summed E-state index contributed by atoms with van der Waals surface area (Å²) in [7, 11) is 0. The summed E-state index contributed by atoms with van der Waals surface area (Å²) in [5.41, 5.74) is 0.0408. The predicted octanol–water partition coefficient (Wildman–Crippen LogP) is 2.83. The number of aryl methyl sites for hydroxylation is 1. The van der Waals surface area contributed by atoms with E-state index in [2.05, 4.69) is 5.32 Å². The molecular weight excluding hydrogens is 276 g/mol. The lowest BCUT2D eigenvalue weighted by atomic mass is 9.74. The maximum atomic E-state index is 13.2. The zero-order valence-electron chi connectivity index (χ0n) is 12.3. The molecule has 1 aliphatic rings. The molecule has 5 heteroatoms. The predicted molar refractivity (Wildman–Crippen MR) is 75.8 cm³/mol. The number of piperidine rings is 1. The summed E-state index contributed by atoms with van der Waals surface area (Å²) in [6.45, 7) is 3.66. The average Bonchev–Trinajstić information content (AvgIpc) is 2.45. The molecule has 2 rings (SSSR count). The zero-order valence-corrected chi connectivity index (χ0v) is 12.3. The third kappa shape index (κ3) is 4.00. The third-order valence-electron chi connectivity index (χ3n) is 4.08. The molecule has 0 unspecified atom stereocenters. The molecule has 1 aromatic carbocycles. The number of carbonyl (C=O) groups excluding carboxylic acids is 1. The number of ether oxygens (including phenoxy) is 1. The van der Waals surface area contributed by atoms with Gasteiger partial charge < -0.3 is 10.1 Å². The van der Waals surface area contributed by atoms with E-state index in [9.17, 15) is 13.6 Å². The van der Waals surface area contributed by atoms with Crippen LogP contribution in [0.3, 0.4) is 0 Å². The van der Waals surface area contributed by atoms with E-state index in [-0.39, 0.29) is 5.97 Å². The van der Waals surface area contributed by atoms with Crippen LogP contribution in [0.1, 0.15) is 31.7 Å². The van der Waals surface area contributed by atoms with E-state index in [0.717, 1.165) is 19.2 Å². The van der Waals surface area contributed by atoms with Crippen LogP contribution in [0.25, 0.3) is 0 Å². The number of carbonyl (C=O) groups is 1. The van der Waals surface area contributed by atoms with Crippen molar-refractivity contribution in [2.24, 2.45) is 5.41 Å². The summed E-state index contributed by atoms with van der Waals surface area (Å²) in [5, 5.41) is 3.23. The molecule has 0 aliphatic carbocycles. The van der Waals surface area contributed by atoms with Gasteiger partial charge in [0.1, 0.15) is 11.6 Å². The second-order valence-electron chi connectivity index (χ2n) is 5.53. The number of halogens is 2. The van der Waals surface area contributed by atoms with E-state index in [1.54, 1.807) is 6.92 Å². The van der Waals surface area contributed by atoms with Crippen LogP contribution in [-0.2, 0) is 16.0 Å². The highest BCUT2D eigenvalue weighted by atomic mass is 19.1. The van der Waals surface area contributed by atoms with Gasteiger partial charge in [-0.1, -0.05) is 0 Å². The third-order valence-corrected chi connectivity index (χ3v) is 4.08. The van der Waals surface area contributed by atoms with E-state index in [1.165, 1.54) is 12.1 Å². The van der Waals surface area contributed by atoms with Crippen LogP contribution < -0.4 is 5.32 Å². The average molecular weight is 297 g/mol. The number of nitrogens with one attached hydrogen (secondary N) is 1. The van der Waals surface area contributed by atoms with Gasteiger partial charge in [0.15, 0.2) is 0 Å². The summed E-state index contributed by atoms with van der Waals surface area (Å²) in [6, 6.07) is 3.50. The summed E-state index contributed by atoms with van der Waals surface area (Å²) in [6.07, 6.45) is 2.41. The molecule has 3 nitrogen and oxygen atoms in total. The Morgan fingerprint density at radius 1 is 1.24 bits per heavy atom. The van der Waals surface area contributed by atoms with Crippen molar-refractivity contribution in [2.45, 2.75) is 32.6 Å². The van der Waals surface area contributed by atoms with Crippen molar-refractivity contribution < 1.29 is 18.3 Å². The first-order chi connectivity index (χ1) is 10.1. The van der Waals surface area contributed by atoms with Gasteiger partial charge in [-0.2, -0.15) is 0 Å². The Labute approximate surface area is 123 Å². The molecular formula is C16H21F2NO2. The van der Waals surface area contributed by atoms with E-state index in [4.69, 9.17) is 4.74 Å². The minimum absolute atomic E-state index is 0.191. The minimum Gasteiger partial charge on any atom is -0.466 e. The van der Waals surface area contributed by atoms with Crippen LogP contribution in [0.5, 0.6) is 0 Å². The molecule has 0 aromatic heterocycles. The number of hydrogen-bond donors (Lipinski definition) is 1. The number of benzene rings is 1. The van der Waals surface area contributed by atoms with Gasteiger partial charge in [0.2, 0.25) is 0 Å². The van der Waals surface area contributed by atoms with Crippen LogP contribution in [0, 0.1) is 17.0 Å². The Morgan fingerprint density at radius 3 is 2.43 bits per heavy atom. The topological polar surface area (TPSA) is 38.3 Å². The lowest BCUT2D eigenvalue weighted by molar-refractivity contribution is -0.157. The van der Waals surface area contributed by atoms with Gasteiger partial charge in [-0.05, 0) is 63.4 Å². The second kappa shape index (κ2) is 6.98. The maximum Gasteiger partial charge on any atom is 0.312 e. The highest BCUT2D eigenvalue weighted by molar-refractivity contribution is 5.77. The van der Waals surface area contributed by atoms with Crippen molar-refractivity contribution in [3.63, 3.8) is 0 Å². The minimum atomic E-state index is -0.583. The smallest absolute Gasteiger partial charge is 0.312 e. The molecule has 1 N–H and O–H groups in total. The summed E-state index contributed by atoms with van der Waals surface area (Å²) in [5.74, 6) is -1.36. The van der Waals surface area contributed by atoms with Crippen LogP contribution in [-0.4, -0.2) is 25.7 Å². The number of hydrogen-bond acceptors (Lipinski definition) is 3. The normalized spacial score (nSPS) is 17.5. The maximum absolute atomic E-state index is 13.2. The van der Waals surface area contributed by atoms with Crippen LogP contribution in [0.4, 0.5) is 8.78 Å². The molecule has 21 heavy (non-hydrogen) atoms. The molecule has 1 fully saturated rings. The molecule has 116 valence electrons. The van der Waals surface area contributed by atoms with Gasteiger partial charge in [0.05, 0.1) is 12.0 Å². The van der Waals surface area contributed by atoms with Crippen molar-refractivity contribution in [1.29, 1.82) is 0 Å². The lowest BCUT2D eigenvalue weighted by Crippen LogP contribution is -2.43. The van der Waals surface area contributed by atoms with E-state index in [1.807, 2.05) is 0 Å². The highest BCUT2D eigenvalue weighted by Crippen LogP contribution is 2.35. The van der Waals surface area contributed by atoms with Crippen molar-refractivity contribution in [2.75, 3.05) is 19.7 Å². The van der Waals surface area contributed by atoms with E-state index in [0.29, 0.717) is 37.9 Å². The summed E-state index contributed by atoms with van der Waals surface area (Å²) in [4.78, 5) is 12.3. The van der Waals surface area contributed by atoms with Crippen molar-refractivity contribution in [1.82, 2.24) is 5.32 Å². The Morgan fingerprint density at radius 2 is 1.86 bits per heavy atom. The summed E-state index contributed by atoms with van der Waals surface area (Å²) < 4.78 is 31.7. The van der Waals surface area contributed by atoms with Gasteiger partial charge in [-0.25, -0.2) is 8.78 Å². The first kappa shape index (κ1) is 15.9. The van der Waals surface area contributed by atoms with Gasteiger partial charge in [0.25, 0.3) is 0 Å². The molecule has 1 heterocycles. The van der Waals surface area contributed by atoms with Crippen LogP contribution in [0.2, 0.25) is 0 Å². The number of esters is 1. The standard InChI is InChI=1S/C16H21F2NO2/c1-2-21-15(20)16(5-7-19-8-6-16)4-3-12-9-13(17)11-14(18)10-12/h9-11,19H,2-8H2,1H3. The molecule has 0 spiro atoms. The van der Waals surface area contributed by atoms with Crippen molar-refractivity contribution in [3.8, 4) is 0 Å². The SMILES string of the molecule is CCOC(=O)C1(CCc2cc(F)cc(F)c2)CCNCC1. The fourth-order valence-electron chi connectivity index (χ4n) is 2.88. The van der Waals surface area contributed by atoms with Gasteiger partial charge in [-0.15, -0.1) is 0 Å². The highest BCUT2D eigenvalue weighted by Gasteiger charge is 2.40. The fourth-order valence-corrected chi connectivity index (χ4v) is 2.88. The van der Waals surface area contributed by atoms with Crippen molar-refractivity contribution >= 4 is 5.97 Å². The van der Waals surface area contributed by atoms with Crippen molar-refractivity contribution in [3.05, 3.63) is 35.4 Å². The molecule has 1 saturated heterocycles. The first-order valence-electron chi connectivity index (χ1n) is 7.39. The molecule has 1 aromatic rings. The fraction of sp³-hybridized carbons (Fsp3) is 0.562. The molecule has 1 aliphatic heterocycles. The lowest BCUT2D eigenvalue weighted by Gasteiger charge is -2.35. The molecule has 0 saturated carbocycles. The Kier molecular flexibility index (Phi) is 5.28. The number of rotatable bonds is 5. The molecule has 0 radical (unpaired) electrons. The Bertz CT molecular complexity index is 479. The largest absolute Gasteiger partial charge is 0.466 e.